The number of hydrogen-bond acceptors (Lipinski definition) is 3. The molecule has 0 aliphatic carbocycles. The second kappa shape index (κ2) is 7.29. The van der Waals surface area contributed by atoms with Gasteiger partial charge in [-0.15, -0.1) is 0 Å². The van der Waals surface area contributed by atoms with Gasteiger partial charge in [0.25, 0.3) is 0 Å². The molecule has 0 radical (unpaired) electrons. The molecule has 0 saturated carbocycles. The molecule has 1 aliphatic rings. The van der Waals surface area contributed by atoms with Crippen LogP contribution in [0.1, 0.15) is 20.3 Å². The fraction of sp³-hybridized carbons (Fsp3) is 0.562. The van der Waals surface area contributed by atoms with E-state index in [9.17, 15) is 4.79 Å². The Kier molecular flexibility index (Phi) is 5.41. The highest BCUT2D eigenvalue weighted by Gasteiger charge is 2.20. The van der Waals surface area contributed by atoms with Gasteiger partial charge in [-0.2, -0.15) is 0 Å². The highest BCUT2D eigenvalue weighted by Crippen LogP contribution is 2.18. The minimum atomic E-state index is 0.0445. The van der Waals surface area contributed by atoms with E-state index in [0.29, 0.717) is 6.54 Å². The van der Waals surface area contributed by atoms with Crippen LogP contribution in [0, 0.1) is 5.92 Å². The van der Waals surface area contributed by atoms with Crippen LogP contribution in [0.15, 0.2) is 30.3 Å². The van der Waals surface area contributed by atoms with Gasteiger partial charge < -0.3 is 15.0 Å². The number of nitrogens with zero attached hydrogens (tertiary/aromatic N) is 1. The van der Waals surface area contributed by atoms with Crippen molar-refractivity contribution in [3.8, 4) is 0 Å². The molecule has 0 spiro atoms. The SMILES string of the molecule is CC(C)C(=O)NCCC1CN(c2ccccc2)CCO1. The number of hydrogen-bond donors (Lipinski definition) is 1. The predicted molar refractivity (Wildman–Crippen MR) is 80.9 cm³/mol. The van der Waals surface area contributed by atoms with Gasteiger partial charge in [0.2, 0.25) is 5.91 Å². The van der Waals surface area contributed by atoms with E-state index < -0.39 is 0 Å². The highest BCUT2D eigenvalue weighted by molar-refractivity contribution is 5.77. The summed E-state index contributed by atoms with van der Waals surface area (Å²) in [5.74, 6) is 0.156. The number of carbonyl (C=O) groups is 1. The Bertz CT molecular complexity index is 420. The summed E-state index contributed by atoms with van der Waals surface area (Å²) in [4.78, 5) is 13.9. The maximum absolute atomic E-state index is 11.5. The lowest BCUT2D eigenvalue weighted by molar-refractivity contribution is -0.124. The zero-order valence-corrected chi connectivity index (χ0v) is 12.3. The normalized spacial score (nSPS) is 19.1. The molecule has 0 aromatic heterocycles. The third kappa shape index (κ3) is 4.23. The van der Waals surface area contributed by atoms with E-state index in [4.69, 9.17) is 4.74 Å². The molecule has 4 heteroatoms. The quantitative estimate of drug-likeness (QED) is 0.895. The molecular weight excluding hydrogens is 252 g/mol. The number of morpholine rings is 1. The standard InChI is InChI=1S/C16H24N2O2/c1-13(2)16(19)17-9-8-15-12-18(10-11-20-15)14-6-4-3-5-7-14/h3-7,13,15H,8-12H2,1-2H3,(H,17,19). The Morgan fingerprint density at radius 1 is 1.40 bits per heavy atom. The number of benzene rings is 1. The number of rotatable bonds is 5. The lowest BCUT2D eigenvalue weighted by Crippen LogP contribution is -2.44. The minimum Gasteiger partial charge on any atom is -0.374 e. The lowest BCUT2D eigenvalue weighted by Gasteiger charge is -2.34. The van der Waals surface area contributed by atoms with Gasteiger partial charge in [-0.05, 0) is 18.6 Å². The molecular formula is C16H24N2O2. The number of ether oxygens (including phenoxy) is 1. The van der Waals surface area contributed by atoms with Crippen LogP contribution >= 0.6 is 0 Å². The Labute approximate surface area is 121 Å². The van der Waals surface area contributed by atoms with Gasteiger partial charge >= 0.3 is 0 Å². The third-order valence-corrected chi connectivity index (χ3v) is 3.55. The van der Waals surface area contributed by atoms with Crippen molar-refractivity contribution in [2.24, 2.45) is 5.92 Å². The van der Waals surface area contributed by atoms with Crippen molar-refractivity contribution >= 4 is 11.6 Å². The van der Waals surface area contributed by atoms with Crippen molar-refractivity contribution in [2.75, 3.05) is 31.1 Å². The van der Waals surface area contributed by atoms with Crippen molar-refractivity contribution in [2.45, 2.75) is 26.4 Å². The Morgan fingerprint density at radius 3 is 2.85 bits per heavy atom. The van der Waals surface area contributed by atoms with Gasteiger partial charge in [-0.1, -0.05) is 32.0 Å². The summed E-state index contributed by atoms with van der Waals surface area (Å²) in [6, 6.07) is 10.4. The molecule has 2 rings (SSSR count). The van der Waals surface area contributed by atoms with E-state index >= 15 is 0 Å². The van der Waals surface area contributed by atoms with Crippen LogP contribution in [0.4, 0.5) is 5.69 Å². The van der Waals surface area contributed by atoms with Gasteiger partial charge in [0.15, 0.2) is 0 Å². The minimum absolute atomic E-state index is 0.0445. The topological polar surface area (TPSA) is 41.6 Å². The molecule has 1 N–H and O–H groups in total. The Balaban J connectivity index is 1.78. The number of para-hydroxylation sites is 1. The predicted octanol–water partition coefficient (Wildman–Crippen LogP) is 2.05. The first-order valence-corrected chi connectivity index (χ1v) is 7.36. The van der Waals surface area contributed by atoms with Crippen molar-refractivity contribution in [3.05, 3.63) is 30.3 Å². The van der Waals surface area contributed by atoms with Gasteiger partial charge in [0.05, 0.1) is 12.7 Å². The van der Waals surface area contributed by atoms with E-state index in [-0.39, 0.29) is 17.9 Å². The van der Waals surface area contributed by atoms with E-state index in [0.717, 1.165) is 26.1 Å². The van der Waals surface area contributed by atoms with Crippen molar-refractivity contribution in [3.63, 3.8) is 0 Å². The largest absolute Gasteiger partial charge is 0.374 e. The lowest BCUT2D eigenvalue weighted by atomic mass is 10.1. The summed E-state index contributed by atoms with van der Waals surface area (Å²) in [5.41, 5.74) is 1.24. The van der Waals surface area contributed by atoms with E-state index in [1.54, 1.807) is 0 Å². The average Bonchev–Trinajstić information content (AvgIpc) is 2.48. The first-order chi connectivity index (χ1) is 9.66. The Morgan fingerprint density at radius 2 is 2.15 bits per heavy atom. The molecule has 1 aromatic rings. The van der Waals surface area contributed by atoms with Crippen molar-refractivity contribution < 1.29 is 9.53 Å². The number of amides is 1. The molecule has 20 heavy (non-hydrogen) atoms. The van der Waals surface area contributed by atoms with Crippen LogP contribution in [-0.2, 0) is 9.53 Å². The first-order valence-electron chi connectivity index (χ1n) is 7.36. The summed E-state index contributed by atoms with van der Waals surface area (Å²) in [6.07, 6.45) is 1.05. The van der Waals surface area contributed by atoms with E-state index in [1.165, 1.54) is 5.69 Å². The summed E-state index contributed by atoms with van der Waals surface area (Å²) in [5, 5.41) is 2.95. The fourth-order valence-electron chi connectivity index (χ4n) is 2.33. The van der Waals surface area contributed by atoms with Crippen molar-refractivity contribution in [1.82, 2.24) is 5.32 Å². The highest BCUT2D eigenvalue weighted by atomic mass is 16.5. The molecule has 110 valence electrons. The molecule has 1 aromatic carbocycles. The fourth-order valence-corrected chi connectivity index (χ4v) is 2.33. The van der Waals surface area contributed by atoms with E-state index in [2.05, 4.69) is 34.5 Å². The first kappa shape index (κ1) is 14.9. The number of anilines is 1. The van der Waals surface area contributed by atoms with Gasteiger partial charge in [0.1, 0.15) is 0 Å². The zero-order chi connectivity index (χ0) is 14.4. The average molecular weight is 276 g/mol. The van der Waals surface area contributed by atoms with E-state index in [1.807, 2.05) is 19.9 Å². The van der Waals surface area contributed by atoms with Gasteiger partial charge in [0, 0.05) is 31.2 Å². The summed E-state index contributed by atoms with van der Waals surface area (Å²) in [7, 11) is 0. The van der Waals surface area contributed by atoms with Crippen molar-refractivity contribution in [1.29, 1.82) is 0 Å². The van der Waals surface area contributed by atoms with Crippen LogP contribution in [-0.4, -0.2) is 38.3 Å². The molecule has 1 atom stereocenters. The second-order valence-corrected chi connectivity index (χ2v) is 5.51. The molecule has 1 heterocycles. The third-order valence-electron chi connectivity index (χ3n) is 3.55. The summed E-state index contributed by atoms with van der Waals surface area (Å²) in [6.45, 7) is 7.07. The molecule has 1 fully saturated rings. The monoisotopic (exact) mass is 276 g/mol. The van der Waals surface area contributed by atoms with Crippen LogP contribution in [0.25, 0.3) is 0 Å². The molecule has 1 saturated heterocycles. The maximum atomic E-state index is 11.5. The van der Waals surface area contributed by atoms with Crippen LogP contribution < -0.4 is 10.2 Å². The van der Waals surface area contributed by atoms with Gasteiger partial charge in [-0.25, -0.2) is 0 Å². The van der Waals surface area contributed by atoms with Gasteiger partial charge in [-0.3, -0.25) is 4.79 Å². The zero-order valence-electron chi connectivity index (χ0n) is 12.3. The smallest absolute Gasteiger partial charge is 0.222 e. The second-order valence-electron chi connectivity index (χ2n) is 5.51. The molecule has 4 nitrogen and oxygen atoms in total. The number of carbonyl (C=O) groups excluding carboxylic acids is 1. The Hall–Kier alpha value is -1.55. The van der Waals surface area contributed by atoms with Crippen LogP contribution in [0.3, 0.4) is 0 Å². The molecule has 0 bridgehead atoms. The summed E-state index contributed by atoms with van der Waals surface area (Å²) < 4.78 is 5.78. The molecule has 1 amide bonds. The summed E-state index contributed by atoms with van der Waals surface area (Å²) >= 11 is 0. The maximum Gasteiger partial charge on any atom is 0.222 e. The van der Waals surface area contributed by atoms with Crippen LogP contribution in [0.5, 0.6) is 0 Å². The van der Waals surface area contributed by atoms with Crippen LogP contribution in [0.2, 0.25) is 0 Å². The molecule has 1 unspecified atom stereocenters. The molecule has 1 aliphatic heterocycles. The number of nitrogens with one attached hydrogen (secondary N) is 1.